The molecule has 1 aromatic rings. The van der Waals surface area contributed by atoms with Crippen molar-refractivity contribution in [2.75, 3.05) is 39.4 Å². The Kier molecular flexibility index (Phi) is 6.58. The molecule has 0 spiro atoms. The molecule has 1 N–H and O–H groups in total. The quantitative estimate of drug-likeness (QED) is 0.558. The molecular weight excluding hydrogens is 424 g/mol. The van der Waals surface area contributed by atoms with E-state index in [9.17, 15) is 22.8 Å². The number of aromatic nitrogens is 1. The fraction of sp³-hybridized carbons (Fsp3) is 0.632. The molecule has 3 amide bonds. The molecule has 0 aromatic carbocycles. The number of fused-ring (bicyclic) bond motifs is 1. The van der Waals surface area contributed by atoms with E-state index in [0.717, 1.165) is 6.07 Å². The molecule has 1 aromatic heterocycles. The topological polar surface area (TPSA) is 84.0 Å². The number of nitrogens with zero attached hydrogens (tertiary/aromatic N) is 3. The lowest BCUT2D eigenvalue weighted by Crippen LogP contribution is -2.64. The first-order valence-corrected chi connectivity index (χ1v) is 9.83. The summed E-state index contributed by atoms with van der Waals surface area (Å²) in [5.41, 5.74) is -0.779. The van der Waals surface area contributed by atoms with Gasteiger partial charge in [-0.2, -0.15) is 9.37 Å². The second kappa shape index (κ2) is 8.85. The number of morpholine rings is 1. The molecule has 31 heavy (non-hydrogen) atoms. The van der Waals surface area contributed by atoms with Crippen LogP contribution >= 0.6 is 0 Å². The molecule has 3 saturated heterocycles. The number of hydrogen-bond donors (Lipinski definition) is 1. The van der Waals surface area contributed by atoms with Crippen LogP contribution in [0.3, 0.4) is 0 Å². The zero-order valence-corrected chi connectivity index (χ0v) is 16.9. The normalized spacial score (nSPS) is 23.9. The minimum absolute atomic E-state index is 0. The number of ether oxygens (including phenoxy) is 2. The van der Waals surface area contributed by atoms with Gasteiger partial charge in [-0.15, -0.1) is 0 Å². The van der Waals surface area contributed by atoms with Crippen molar-refractivity contribution in [3.05, 3.63) is 23.6 Å². The summed E-state index contributed by atoms with van der Waals surface area (Å²) in [6.07, 6.45) is 0.609. The summed E-state index contributed by atoms with van der Waals surface area (Å²) in [7, 11) is 0. The van der Waals surface area contributed by atoms with Crippen LogP contribution in [0.1, 0.15) is 20.3 Å². The van der Waals surface area contributed by atoms with Crippen LogP contribution < -0.4 is 10.1 Å². The molecule has 3 fully saturated rings. The highest BCUT2D eigenvalue weighted by molar-refractivity contribution is 5.79. The molecule has 0 radical (unpaired) electrons. The molecule has 8 nitrogen and oxygen atoms in total. The minimum atomic E-state index is -3.31. The third-order valence-electron chi connectivity index (χ3n) is 5.59. The van der Waals surface area contributed by atoms with E-state index in [4.69, 9.17) is 9.47 Å². The molecule has 174 valence electrons. The van der Waals surface area contributed by atoms with Crippen molar-refractivity contribution in [3.63, 3.8) is 0 Å². The third-order valence-corrected chi connectivity index (χ3v) is 5.59. The van der Waals surface area contributed by atoms with E-state index < -0.39 is 17.4 Å². The molecule has 3 aliphatic rings. The lowest BCUT2D eigenvalue weighted by molar-refractivity contribution is -0.139. The third kappa shape index (κ3) is 5.00. The van der Waals surface area contributed by atoms with Crippen molar-refractivity contribution in [3.8, 4) is 5.88 Å². The number of carbonyl (C=O) groups excluding carboxylic acids is 2. The van der Waals surface area contributed by atoms with E-state index in [0.29, 0.717) is 39.5 Å². The Balaban J connectivity index is 0.00000181. The molecule has 2 atom stereocenters. The van der Waals surface area contributed by atoms with Gasteiger partial charge in [0.1, 0.15) is 6.61 Å². The van der Waals surface area contributed by atoms with Crippen LogP contribution in [-0.2, 0) is 15.5 Å². The Hall–Kier alpha value is -2.63. The second-order valence-corrected chi connectivity index (χ2v) is 8.00. The molecule has 0 saturated carbocycles. The van der Waals surface area contributed by atoms with E-state index in [1.165, 1.54) is 6.07 Å². The maximum Gasteiger partial charge on any atom is 0.320 e. The molecule has 4 rings (SSSR count). The lowest BCUT2D eigenvalue weighted by Gasteiger charge is -2.46. The van der Waals surface area contributed by atoms with Crippen molar-refractivity contribution >= 4 is 11.9 Å². The van der Waals surface area contributed by atoms with Gasteiger partial charge in [0.25, 0.3) is 5.92 Å². The van der Waals surface area contributed by atoms with Gasteiger partial charge in [-0.3, -0.25) is 9.50 Å². The standard InChI is InChI=1S/C19H23F3N4O4.FH.H2/c1-19(21,22)12-2-3-16(24-17(12)20)30-9-11-6-26(7-11)18(28)25-5-4-14-13(8-25)23-15(27)10-29-14;;/h2-3,11,13-14H,4-10H2,1H3,(H,23,27);2*1H/t13-,14+;;/m1../s1. The van der Waals surface area contributed by atoms with Crippen molar-refractivity contribution in [1.29, 1.82) is 0 Å². The molecule has 0 bridgehead atoms. The van der Waals surface area contributed by atoms with Crippen LogP contribution in [0.4, 0.5) is 22.7 Å². The summed E-state index contributed by atoms with van der Waals surface area (Å²) in [5, 5.41) is 2.86. The summed E-state index contributed by atoms with van der Waals surface area (Å²) in [6.45, 7) is 2.78. The van der Waals surface area contributed by atoms with Gasteiger partial charge in [-0.05, 0) is 12.5 Å². The fourth-order valence-corrected chi connectivity index (χ4v) is 3.93. The molecule has 3 aliphatic heterocycles. The van der Waals surface area contributed by atoms with Crippen molar-refractivity contribution in [1.82, 2.24) is 20.1 Å². The van der Waals surface area contributed by atoms with E-state index in [-0.39, 0.29) is 55.2 Å². The Labute approximate surface area is 177 Å². The highest BCUT2D eigenvalue weighted by atomic mass is 19.3. The Morgan fingerprint density at radius 3 is 2.77 bits per heavy atom. The van der Waals surface area contributed by atoms with Crippen LogP contribution in [0.25, 0.3) is 0 Å². The monoisotopic (exact) mass is 450 g/mol. The van der Waals surface area contributed by atoms with Gasteiger partial charge in [0.15, 0.2) is 0 Å². The van der Waals surface area contributed by atoms with Crippen LogP contribution in [0.2, 0.25) is 0 Å². The number of amides is 3. The van der Waals surface area contributed by atoms with Gasteiger partial charge in [0, 0.05) is 46.5 Å². The number of hydrogen-bond acceptors (Lipinski definition) is 5. The van der Waals surface area contributed by atoms with E-state index in [1.54, 1.807) is 9.80 Å². The highest BCUT2D eigenvalue weighted by Crippen LogP contribution is 2.30. The Morgan fingerprint density at radius 2 is 2.10 bits per heavy atom. The number of rotatable bonds is 4. The molecular formula is C19H26F4N4O4. The number of piperidine rings is 1. The predicted molar refractivity (Wildman–Crippen MR) is 102 cm³/mol. The van der Waals surface area contributed by atoms with E-state index in [1.807, 2.05) is 0 Å². The molecule has 4 heterocycles. The first-order valence-electron chi connectivity index (χ1n) is 9.83. The second-order valence-electron chi connectivity index (χ2n) is 8.00. The number of alkyl halides is 2. The van der Waals surface area contributed by atoms with Gasteiger partial charge < -0.3 is 24.6 Å². The van der Waals surface area contributed by atoms with Crippen molar-refractivity contribution < 1.29 is 38.4 Å². The minimum Gasteiger partial charge on any atom is -0.477 e. The summed E-state index contributed by atoms with van der Waals surface area (Å²) >= 11 is 0. The zero-order chi connectivity index (χ0) is 21.5. The first kappa shape index (κ1) is 23.0. The first-order chi connectivity index (χ1) is 14.2. The van der Waals surface area contributed by atoms with E-state index >= 15 is 0 Å². The van der Waals surface area contributed by atoms with Crippen molar-refractivity contribution in [2.24, 2.45) is 5.92 Å². The van der Waals surface area contributed by atoms with Gasteiger partial charge >= 0.3 is 6.03 Å². The average Bonchev–Trinajstić information content (AvgIpc) is 2.65. The largest absolute Gasteiger partial charge is 0.477 e. The molecule has 12 heteroatoms. The highest BCUT2D eigenvalue weighted by Gasteiger charge is 2.40. The SMILES string of the molecule is CC(F)(F)c1ccc(OCC2CN(C(=O)N3CC[C@@H]4OCC(=O)N[C@@H]4C3)C2)nc1F.F.[HH]. The number of nitrogens with one attached hydrogen (secondary N) is 1. The van der Waals surface area contributed by atoms with Crippen LogP contribution in [0.5, 0.6) is 5.88 Å². The predicted octanol–water partition coefficient (Wildman–Crippen LogP) is 1.75. The summed E-state index contributed by atoms with van der Waals surface area (Å²) in [5.74, 6) is -4.77. The summed E-state index contributed by atoms with van der Waals surface area (Å²) < 4.78 is 51.1. The fourth-order valence-electron chi connectivity index (χ4n) is 3.93. The smallest absolute Gasteiger partial charge is 0.320 e. The lowest BCUT2D eigenvalue weighted by atomic mass is 9.99. The summed E-state index contributed by atoms with van der Waals surface area (Å²) in [6, 6.07) is 1.88. The van der Waals surface area contributed by atoms with Crippen LogP contribution in [0.15, 0.2) is 12.1 Å². The van der Waals surface area contributed by atoms with Gasteiger partial charge in [0.05, 0.1) is 24.3 Å². The van der Waals surface area contributed by atoms with Crippen LogP contribution in [0, 0.1) is 11.9 Å². The van der Waals surface area contributed by atoms with E-state index in [2.05, 4.69) is 10.3 Å². The maximum atomic E-state index is 13.7. The summed E-state index contributed by atoms with van der Waals surface area (Å²) in [4.78, 5) is 31.0. The van der Waals surface area contributed by atoms with Gasteiger partial charge in [-0.1, -0.05) is 0 Å². The van der Waals surface area contributed by atoms with Gasteiger partial charge in [-0.25, -0.2) is 13.6 Å². The van der Waals surface area contributed by atoms with Gasteiger partial charge in [0.2, 0.25) is 17.7 Å². The molecule has 0 aliphatic carbocycles. The number of halogens is 4. The Morgan fingerprint density at radius 1 is 1.35 bits per heavy atom. The van der Waals surface area contributed by atoms with Crippen molar-refractivity contribution in [2.45, 2.75) is 31.4 Å². The number of likely N-dealkylation sites (tertiary alicyclic amines) is 2. The number of pyridine rings is 1. The number of urea groups is 1. The Bertz CT molecular complexity index is 838. The van der Waals surface area contributed by atoms with Crippen LogP contribution in [-0.4, -0.2) is 78.3 Å². The zero-order valence-electron chi connectivity index (χ0n) is 16.9. The average molecular weight is 450 g/mol. The maximum absolute atomic E-state index is 13.7. The molecule has 0 unspecified atom stereocenters. The number of carbonyl (C=O) groups is 2.